The van der Waals surface area contributed by atoms with Gasteiger partial charge < -0.3 is 20.1 Å². The molecule has 140 valence electrons. The largest absolute Gasteiger partial charge is 0.383 e. The highest BCUT2D eigenvalue weighted by atomic mass is 19.1. The molecule has 0 spiro atoms. The number of anilines is 1. The average Bonchev–Trinajstić information content (AvgIpc) is 2.97. The number of aliphatic hydroxyl groups is 1. The average molecular weight is 369 g/mol. The maximum atomic E-state index is 14.4. The predicted molar refractivity (Wildman–Crippen MR) is 100 cm³/mol. The molecule has 0 aliphatic heterocycles. The Bertz CT molecular complexity index is 1040. The normalized spacial score (nSPS) is 11.4. The van der Waals surface area contributed by atoms with Gasteiger partial charge in [-0.3, -0.25) is 0 Å². The van der Waals surface area contributed by atoms with E-state index in [2.05, 4.69) is 26.8 Å². The number of methoxy groups -OCH3 is 1. The van der Waals surface area contributed by atoms with Gasteiger partial charge in [-0.1, -0.05) is 5.92 Å². The first-order valence-electron chi connectivity index (χ1n) is 8.30. The fourth-order valence-corrected chi connectivity index (χ4v) is 2.61. The molecule has 0 aromatic carbocycles. The number of pyridine rings is 1. The van der Waals surface area contributed by atoms with Crippen molar-refractivity contribution in [1.82, 2.24) is 19.5 Å². The quantitative estimate of drug-likeness (QED) is 0.683. The molecular formula is C19H20FN5O2. The van der Waals surface area contributed by atoms with Crippen LogP contribution in [0.2, 0.25) is 0 Å². The third-order valence-electron chi connectivity index (χ3n) is 3.82. The monoisotopic (exact) mass is 369 g/mol. The van der Waals surface area contributed by atoms with Gasteiger partial charge in [-0.05, 0) is 25.8 Å². The topological polar surface area (TPSA) is 99.1 Å². The van der Waals surface area contributed by atoms with E-state index in [0.29, 0.717) is 24.4 Å². The molecule has 0 saturated carbocycles. The van der Waals surface area contributed by atoms with Crippen LogP contribution in [0, 0.1) is 17.7 Å². The van der Waals surface area contributed by atoms with E-state index in [4.69, 9.17) is 10.5 Å². The molecule has 0 radical (unpaired) electrons. The van der Waals surface area contributed by atoms with Gasteiger partial charge in [0.05, 0.1) is 24.5 Å². The fourth-order valence-electron chi connectivity index (χ4n) is 2.61. The lowest BCUT2D eigenvalue weighted by atomic mass is 10.1. The predicted octanol–water partition coefficient (Wildman–Crippen LogP) is 1.98. The van der Waals surface area contributed by atoms with Crippen molar-refractivity contribution in [3.63, 3.8) is 0 Å². The fraction of sp³-hybridized carbons (Fsp3) is 0.316. The molecule has 7 nitrogen and oxygen atoms in total. The van der Waals surface area contributed by atoms with Gasteiger partial charge in [0.2, 0.25) is 5.95 Å². The number of nitrogen functional groups attached to an aromatic ring is 1. The number of nitrogens with zero attached hydrogens (tertiary/aromatic N) is 4. The maximum absolute atomic E-state index is 14.4. The summed E-state index contributed by atoms with van der Waals surface area (Å²) in [5, 5.41) is 10.5. The van der Waals surface area contributed by atoms with Crippen molar-refractivity contribution in [2.45, 2.75) is 26.0 Å². The van der Waals surface area contributed by atoms with Gasteiger partial charge in [-0.25, -0.2) is 19.3 Å². The number of rotatable bonds is 4. The summed E-state index contributed by atoms with van der Waals surface area (Å²) in [4.78, 5) is 12.1. The first-order chi connectivity index (χ1) is 12.8. The van der Waals surface area contributed by atoms with E-state index in [1.54, 1.807) is 39.4 Å². The Kier molecular flexibility index (Phi) is 5.08. The first-order valence-corrected chi connectivity index (χ1v) is 8.30. The van der Waals surface area contributed by atoms with E-state index in [1.807, 2.05) is 4.57 Å². The lowest BCUT2D eigenvalue weighted by Crippen LogP contribution is -2.14. The van der Waals surface area contributed by atoms with Crippen molar-refractivity contribution in [2.24, 2.45) is 0 Å². The molecule has 0 bridgehead atoms. The Balaban J connectivity index is 2.20. The molecular weight excluding hydrogens is 349 g/mol. The van der Waals surface area contributed by atoms with Gasteiger partial charge in [-0.15, -0.1) is 0 Å². The highest BCUT2D eigenvalue weighted by Crippen LogP contribution is 2.31. The Morgan fingerprint density at radius 1 is 1.33 bits per heavy atom. The van der Waals surface area contributed by atoms with Crippen LogP contribution >= 0.6 is 0 Å². The van der Waals surface area contributed by atoms with E-state index in [1.165, 1.54) is 0 Å². The van der Waals surface area contributed by atoms with E-state index in [0.717, 1.165) is 17.1 Å². The van der Waals surface area contributed by atoms with Crippen LogP contribution in [-0.4, -0.2) is 43.9 Å². The van der Waals surface area contributed by atoms with Crippen LogP contribution in [0.15, 0.2) is 24.7 Å². The zero-order chi connectivity index (χ0) is 19.6. The molecule has 8 heteroatoms. The van der Waals surface area contributed by atoms with Crippen molar-refractivity contribution in [1.29, 1.82) is 0 Å². The summed E-state index contributed by atoms with van der Waals surface area (Å²) < 4.78 is 21.4. The molecule has 3 heterocycles. The smallest absolute Gasteiger partial charge is 0.220 e. The van der Waals surface area contributed by atoms with Crippen molar-refractivity contribution in [3.05, 3.63) is 36.2 Å². The van der Waals surface area contributed by atoms with Crippen LogP contribution in [0.5, 0.6) is 0 Å². The van der Waals surface area contributed by atoms with E-state index in [-0.39, 0.29) is 11.6 Å². The minimum Gasteiger partial charge on any atom is -0.383 e. The number of hydrogen-bond donors (Lipinski definition) is 2. The molecule has 3 aromatic heterocycles. The molecule has 3 rings (SSSR count). The van der Waals surface area contributed by atoms with Crippen LogP contribution in [0.3, 0.4) is 0 Å². The van der Waals surface area contributed by atoms with Crippen LogP contribution in [0.1, 0.15) is 19.5 Å². The summed E-state index contributed by atoms with van der Waals surface area (Å²) in [5.41, 5.74) is 6.41. The van der Waals surface area contributed by atoms with Crippen molar-refractivity contribution in [2.75, 3.05) is 19.5 Å². The van der Waals surface area contributed by atoms with Crippen molar-refractivity contribution >= 4 is 16.9 Å². The summed E-state index contributed by atoms with van der Waals surface area (Å²) in [6.07, 6.45) is 4.49. The Morgan fingerprint density at radius 3 is 2.81 bits per heavy atom. The molecule has 0 saturated heterocycles. The number of aromatic nitrogens is 4. The van der Waals surface area contributed by atoms with Crippen LogP contribution < -0.4 is 5.73 Å². The maximum Gasteiger partial charge on any atom is 0.220 e. The van der Waals surface area contributed by atoms with Crippen LogP contribution in [0.4, 0.5) is 10.3 Å². The van der Waals surface area contributed by atoms with E-state index >= 15 is 0 Å². The number of ether oxygens (including phenoxy) is 1. The first kappa shape index (κ1) is 18.8. The standard InChI is InChI=1S/C19H20FN5O2/c1-19(2,26)5-4-12-8-13-14(17-15(20)9-23-18(21)24-17)11-25(6-7-27-3)16(13)10-22-12/h8-11,26H,6-7H2,1-3H3,(H2,21,23,24). The summed E-state index contributed by atoms with van der Waals surface area (Å²) in [7, 11) is 1.61. The second-order valence-electron chi connectivity index (χ2n) is 6.55. The van der Waals surface area contributed by atoms with E-state index in [9.17, 15) is 9.50 Å². The molecule has 3 N–H and O–H groups in total. The molecule has 0 amide bonds. The zero-order valence-corrected chi connectivity index (χ0v) is 15.3. The molecule has 27 heavy (non-hydrogen) atoms. The highest BCUT2D eigenvalue weighted by molar-refractivity contribution is 5.95. The second-order valence-corrected chi connectivity index (χ2v) is 6.55. The zero-order valence-electron chi connectivity index (χ0n) is 15.3. The van der Waals surface area contributed by atoms with Crippen molar-refractivity contribution in [3.8, 4) is 23.1 Å². The minimum atomic E-state index is -1.14. The lowest BCUT2D eigenvalue weighted by Gasteiger charge is -2.06. The number of fused-ring (bicyclic) bond motifs is 1. The Morgan fingerprint density at radius 2 is 2.11 bits per heavy atom. The summed E-state index contributed by atoms with van der Waals surface area (Å²) in [5.74, 6) is 4.97. The van der Waals surface area contributed by atoms with Crippen molar-refractivity contribution < 1.29 is 14.2 Å². The second kappa shape index (κ2) is 7.31. The molecule has 0 aliphatic carbocycles. The molecule has 0 unspecified atom stereocenters. The molecule has 3 aromatic rings. The van der Waals surface area contributed by atoms with Gasteiger partial charge in [0, 0.05) is 30.8 Å². The van der Waals surface area contributed by atoms with Gasteiger partial charge in [0.15, 0.2) is 5.82 Å². The van der Waals surface area contributed by atoms with Gasteiger partial charge in [0.25, 0.3) is 0 Å². The number of halogens is 1. The minimum absolute atomic E-state index is 0.0136. The number of nitrogens with two attached hydrogens (primary N) is 1. The highest BCUT2D eigenvalue weighted by Gasteiger charge is 2.17. The van der Waals surface area contributed by atoms with Crippen LogP contribution in [0.25, 0.3) is 22.2 Å². The lowest BCUT2D eigenvalue weighted by molar-refractivity contribution is 0.143. The number of hydrogen-bond acceptors (Lipinski definition) is 6. The summed E-state index contributed by atoms with van der Waals surface area (Å²) in [6, 6.07) is 1.74. The molecule has 0 fully saturated rings. The summed E-state index contributed by atoms with van der Waals surface area (Å²) in [6.45, 7) is 4.22. The molecule has 0 aliphatic rings. The summed E-state index contributed by atoms with van der Waals surface area (Å²) >= 11 is 0. The van der Waals surface area contributed by atoms with Gasteiger partial charge in [0.1, 0.15) is 17.0 Å². The van der Waals surface area contributed by atoms with Gasteiger partial charge >= 0.3 is 0 Å². The van der Waals surface area contributed by atoms with Gasteiger partial charge in [-0.2, -0.15) is 0 Å². The molecule has 0 atom stereocenters. The third-order valence-corrected chi connectivity index (χ3v) is 3.82. The third kappa shape index (κ3) is 4.22. The van der Waals surface area contributed by atoms with Crippen LogP contribution in [-0.2, 0) is 11.3 Å². The Hall–Kier alpha value is -3.02. The SMILES string of the molecule is COCCn1cc(-c2nc(N)ncc2F)c2cc(C#CC(C)(C)O)ncc21. The Labute approximate surface area is 156 Å². The van der Waals surface area contributed by atoms with E-state index < -0.39 is 11.4 Å².